The highest BCUT2D eigenvalue weighted by Crippen LogP contribution is 2.15. The Labute approximate surface area is 104 Å². The summed E-state index contributed by atoms with van der Waals surface area (Å²) in [7, 11) is 0. The fraction of sp³-hybridized carbons (Fsp3) is 0.250. The van der Waals surface area contributed by atoms with E-state index in [-0.39, 0.29) is 0 Å². The lowest BCUT2D eigenvalue weighted by molar-refractivity contribution is 0.0525. The molecule has 0 fully saturated rings. The number of nitrogens with zero attached hydrogens (tertiary/aromatic N) is 3. The molecule has 0 spiro atoms. The number of esters is 1. The first kappa shape index (κ1) is 12.1. The molecule has 0 atom stereocenters. The molecule has 6 heteroatoms. The Bertz CT molecular complexity index is 558. The SMILES string of the molecule is CCOC(=O)c1cccnc1-n1cc(C)c(N)n1. The maximum Gasteiger partial charge on any atom is 0.341 e. The number of pyridine rings is 1. The van der Waals surface area contributed by atoms with Gasteiger partial charge in [0, 0.05) is 18.0 Å². The Kier molecular flexibility index (Phi) is 3.27. The summed E-state index contributed by atoms with van der Waals surface area (Å²) >= 11 is 0. The van der Waals surface area contributed by atoms with E-state index in [1.165, 1.54) is 4.68 Å². The Morgan fingerprint density at radius 3 is 2.94 bits per heavy atom. The number of nitrogens with two attached hydrogens (primary N) is 1. The normalized spacial score (nSPS) is 10.3. The zero-order valence-electron chi connectivity index (χ0n) is 10.3. The van der Waals surface area contributed by atoms with Crippen LogP contribution in [0.4, 0.5) is 5.82 Å². The average molecular weight is 246 g/mol. The van der Waals surface area contributed by atoms with Crippen LogP contribution in [0, 0.1) is 6.92 Å². The van der Waals surface area contributed by atoms with E-state index in [2.05, 4.69) is 10.1 Å². The molecule has 0 aliphatic heterocycles. The minimum absolute atomic E-state index is 0.313. The third-order valence-corrected chi connectivity index (χ3v) is 2.43. The number of ether oxygens (including phenoxy) is 1. The average Bonchev–Trinajstić information content (AvgIpc) is 2.70. The predicted molar refractivity (Wildman–Crippen MR) is 66.5 cm³/mol. The van der Waals surface area contributed by atoms with Crippen molar-refractivity contribution in [2.45, 2.75) is 13.8 Å². The Balaban J connectivity index is 2.47. The quantitative estimate of drug-likeness (QED) is 0.826. The molecule has 2 rings (SSSR count). The van der Waals surface area contributed by atoms with Gasteiger partial charge in [0.05, 0.1) is 6.61 Å². The highest BCUT2D eigenvalue weighted by atomic mass is 16.5. The standard InChI is InChI=1S/C12H14N4O2/c1-3-18-12(17)9-5-4-6-14-11(9)16-7-8(2)10(13)15-16/h4-7H,3H2,1-2H3,(H2,13,15). The Hall–Kier alpha value is -2.37. The van der Waals surface area contributed by atoms with Crippen LogP contribution in [0.3, 0.4) is 0 Å². The van der Waals surface area contributed by atoms with Gasteiger partial charge in [0.25, 0.3) is 0 Å². The van der Waals surface area contributed by atoms with E-state index in [1.807, 2.05) is 6.92 Å². The van der Waals surface area contributed by atoms with Crippen LogP contribution in [0.5, 0.6) is 0 Å². The molecular weight excluding hydrogens is 232 g/mol. The van der Waals surface area contributed by atoms with E-state index in [4.69, 9.17) is 10.5 Å². The van der Waals surface area contributed by atoms with Gasteiger partial charge in [0.2, 0.25) is 0 Å². The van der Waals surface area contributed by atoms with Gasteiger partial charge in [-0.3, -0.25) is 0 Å². The second-order valence-electron chi connectivity index (χ2n) is 3.74. The molecule has 0 saturated heterocycles. The van der Waals surface area contributed by atoms with E-state index in [1.54, 1.807) is 31.5 Å². The summed E-state index contributed by atoms with van der Waals surface area (Å²) in [5.41, 5.74) is 6.88. The van der Waals surface area contributed by atoms with Crippen LogP contribution in [0.15, 0.2) is 24.5 Å². The Morgan fingerprint density at radius 1 is 1.56 bits per heavy atom. The van der Waals surface area contributed by atoms with Crippen molar-refractivity contribution < 1.29 is 9.53 Å². The number of carbonyl (C=O) groups excluding carboxylic acids is 1. The van der Waals surface area contributed by atoms with Crippen LogP contribution in [0.1, 0.15) is 22.8 Å². The molecule has 2 aromatic rings. The van der Waals surface area contributed by atoms with E-state index in [9.17, 15) is 4.79 Å². The van der Waals surface area contributed by atoms with Crippen LogP contribution < -0.4 is 5.73 Å². The predicted octanol–water partition coefficient (Wildman–Crippen LogP) is 1.33. The number of aryl methyl sites for hydroxylation is 1. The van der Waals surface area contributed by atoms with Crippen molar-refractivity contribution >= 4 is 11.8 Å². The van der Waals surface area contributed by atoms with Gasteiger partial charge in [-0.25, -0.2) is 14.5 Å². The van der Waals surface area contributed by atoms with Crippen molar-refractivity contribution in [3.8, 4) is 5.82 Å². The highest BCUT2D eigenvalue weighted by Gasteiger charge is 2.16. The van der Waals surface area contributed by atoms with E-state index < -0.39 is 5.97 Å². The van der Waals surface area contributed by atoms with Crippen molar-refractivity contribution in [1.29, 1.82) is 0 Å². The van der Waals surface area contributed by atoms with E-state index in [0.29, 0.717) is 23.8 Å². The smallest absolute Gasteiger partial charge is 0.341 e. The summed E-state index contributed by atoms with van der Waals surface area (Å²) in [5, 5.41) is 4.11. The second kappa shape index (κ2) is 4.87. The van der Waals surface area contributed by atoms with E-state index >= 15 is 0 Å². The lowest BCUT2D eigenvalue weighted by atomic mass is 10.2. The summed E-state index contributed by atoms with van der Waals surface area (Å²) in [6.45, 7) is 3.91. The molecule has 0 bridgehead atoms. The van der Waals surface area contributed by atoms with Gasteiger partial charge in [-0.1, -0.05) is 0 Å². The van der Waals surface area contributed by atoms with Crippen molar-refractivity contribution in [1.82, 2.24) is 14.8 Å². The molecule has 6 nitrogen and oxygen atoms in total. The van der Waals surface area contributed by atoms with Gasteiger partial charge in [0.1, 0.15) is 11.4 Å². The van der Waals surface area contributed by atoms with Gasteiger partial charge < -0.3 is 10.5 Å². The summed E-state index contributed by atoms with van der Waals surface area (Å²) in [4.78, 5) is 15.9. The fourth-order valence-electron chi connectivity index (χ4n) is 1.53. The largest absolute Gasteiger partial charge is 0.462 e. The van der Waals surface area contributed by atoms with Crippen molar-refractivity contribution in [3.05, 3.63) is 35.7 Å². The molecule has 0 aromatic carbocycles. The molecule has 0 radical (unpaired) electrons. The topological polar surface area (TPSA) is 83.0 Å². The van der Waals surface area contributed by atoms with Crippen LogP contribution in [0.2, 0.25) is 0 Å². The molecule has 18 heavy (non-hydrogen) atoms. The third-order valence-electron chi connectivity index (χ3n) is 2.43. The number of rotatable bonds is 3. The van der Waals surface area contributed by atoms with Gasteiger partial charge in [-0.05, 0) is 26.0 Å². The highest BCUT2D eigenvalue weighted by molar-refractivity contribution is 5.92. The molecule has 0 amide bonds. The minimum atomic E-state index is -0.424. The minimum Gasteiger partial charge on any atom is -0.462 e. The number of aromatic nitrogens is 3. The van der Waals surface area contributed by atoms with Gasteiger partial charge in [0.15, 0.2) is 5.82 Å². The van der Waals surface area contributed by atoms with Crippen LogP contribution >= 0.6 is 0 Å². The van der Waals surface area contributed by atoms with Gasteiger partial charge in [-0.15, -0.1) is 5.10 Å². The maximum absolute atomic E-state index is 11.8. The number of carbonyl (C=O) groups is 1. The number of anilines is 1. The first-order valence-electron chi connectivity index (χ1n) is 5.57. The van der Waals surface area contributed by atoms with E-state index in [0.717, 1.165) is 5.56 Å². The summed E-state index contributed by atoms with van der Waals surface area (Å²) in [6, 6.07) is 3.32. The van der Waals surface area contributed by atoms with Crippen molar-refractivity contribution in [3.63, 3.8) is 0 Å². The monoisotopic (exact) mass is 246 g/mol. The summed E-state index contributed by atoms with van der Waals surface area (Å²) in [6.07, 6.45) is 3.31. The number of nitrogen functional groups attached to an aromatic ring is 1. The maximum atomic E-state index is 11.8. The molecule has 0 aliphatic carbocycles. The molecule has 0 unspecified atom stereocenters. The summed E-state index contributed by atoms with van der Waals surface area (Å²) in [5.74, 6) is 0.401. The number of hydrogen-bond donors (Lipinski definition) is 1. The van der Waals surface area contributed by atoms with Crippen molar-refractivity contribution in [2.75, 3.05) is 12.3 Å². The zero-order chi connectivity index (χ0) is 13.1. The first-order valence-corrected chi connectivity index (χ1v) is 5.57. The molecule has 2 heterocycles. The van der Waals surface area contributed by atoms with Crippen molar-refractivity contribution in [2.24, 2.45) is 0 Å². The molecule has 0 aliphatic rings. The Morgan fingerprint density at radius 2 is 2.33 bits per heavy atom. The first-order chi connectivity index (χ1) is 8.63. The fourth-order valence-corrected chi connectivity index (χ4v) is 1.53. The zero-order valence-corrected chi connectivity index (χ0v) is 10.3. The summed E-state index contributed by atoms with van der Waals surface area (Å²) < 4.78 is 6.46. The second-order valence-corrected chi connectivity index (χ2v) is 3.74. The van der Waals surface area contributed by atoms with Gasteiger partial charge >= 0.3 is 5.97 Å². The third kappa shape index (κ3) is 2.17. The number of hydrogen-bond acceptors (Lipinski definition) is 5. The van der Waals surface area contributed by atoms with Crippen LogP contribution in [-0.4, -0.2) is 27.3 Å². The lowest BCUT2D eigenvalue weighted by Crippen LogP contribution is -2.11. The lowest BCUT2D eigenvalue weighted by Gasteiger charge is -2.07. The molecule has 2 aromatic heterocycles. The molecule has 0 saturated carbocycles. The van der Waals surface area contributed by atoms with Crippen LogP contribution in [-0.2, 0) is 4.74 Å². The molecule has 94 valence electrons. The van der Waals surface area contributed by atoms with Gasteiger partial charge in [-0.2, -0.15) is 0 Å². The van der Waals surface area contributed by atoms with Crippen LogP contribution in [0.25, 0.3) is 5.82 Å². The molecule has 2 N–H and O–H groups in total. The molecular formula is C12H14N4O2.